The quantitative estimate of drug-likeness (QED) is 0.650. The lowest BCUT2D eigenvalue weighted by molar-refractivity contribution is -0.384. The predicted molar refractivity (Wildman–Crippen MR) is 80.1 cm³/mol. The number of anilines is 1. The van der Waals surface area contributed by atoms with Crippen LogP contribution in [0, 0.1) is 10.1 Å². The zero-order chi connectivity index (χ0) is 16.1. The van der Waals surface area contributed by atoms with Crippen LogP contribution < -0.4 is 10.1 Å². The summed E-state index contributed by atoms with van der Waals surface area (Å²) in [7, 11) is 1.38. The van der Waals surface area contributed by atoms with Crippen LogP contribution in [0.3, 0.4) is 0 Å². The summed E-state index contributed by atoms with van der Waals surface area (Å²) in [4.78, 5) is 22.1. The summed E-state index contributed by atoms with van der Waals surface area (Å²) in [6.07, 6.45) is 3.28. The van der Waals surface area contributed by atoms with Crippen LogP contribution >= 0.6 is 11.6 Å². The molecule has 2 rings (SSSR count). The van der Waals surface area contributed by atoms with Crippen LogP contribution in [0.5, 0.6) is 5.75 Å². The van der Waals surface area contributed by atoms with Gasteiger partial charge in [0, 0.05) is 25.2 Å². The summed E-state index contributed by atoms with van der Waals surface area (Å²) in [5.74, 6) is -0.0385. The smallest absolute Gasteiger partial charge is 0.273 e. The fourth-order valence-corrected chi connectivity index (χ4v) is 1.94. The third-order valence-electron chi connectivity index (χ3n) is 2.84. The van der Waals surface area contributed by atoms with Crippen molar-refractivity contribution in [2.75, 3.05) is 12.4 Å². The molecule has 0 aliphatic heterocycles. The number of hydrogen-bond acceptors (Lipinski definition) is 5. The van der Waals surface area contributed by atoms with Gasteiger partial charge in [-0.3, -0.25) is 19.6 Å². The summed E-state index contributed by atoms with van der Waals surface area (Å²) in [6.45, 7) is 0.369. The van der Waals surface area contributed by atoms with E-state index in [1.165, 1.54) is 31.5 Å². The van der Waals surface area contributed by atoms with Crippen molar-refractivity contribution in [3.05, 3.63) is 45.7 Å². The fourth-order valence-electron chi connectivity index (χ4n) is 1.79. The Labute approximate surface area is 130 Å². The van der Waals surface area contributed by atoms with E-state index in [9.17, 15) is 14.9 Å². The minimum Gasteiger partial charge on any atom is -0.494 e. The SMILES string of the molecule is COc1cc([N+](=O)[O-])ccc1NC(=O)CCn1cc(Cl)cn1. The van der Waals surface area contributed by atoms with Crippen molar-refractivity contribution in [3.8, 4) is 5.75 Å². The van der Waals surface area contributed by atoms with Crippen molar-refractivity contribution in [2.45, 2.75) is 13.0 Å². The van der Waals surface area contributed by atoms with Gasteiger partial charge in [-0.2, -0.15) is 5.10 Å². The van der Waals surface area contributed by atoms with E-state index in [2.05, 4.69) is 10.4 Å². The first-order valence-electron chi connectivity index (χ1n) is 6.30. The highest BCUT2D eigenvalue weighted by Crippen LogP contribution is 2.29. The minimum absolute atomic E-state index is 0.110. The fraction of sp³-hybridized carbons (Fsp3) is 0.231. The number of halogens is 1. The normalized spacial score (nSPS) is 10.3. The molecule has 8 nitrogen and oxygen atoms in total. The van der Waals surface area contributed by atoms with E-state index in [1.807, 2.05) is 0 Å². The number of nitrogens with zero attached hydrogens (tertiary/aromatic N) is 3. The summed E-state index contributed by atoms with van der Waals surface area (Å²) in [5, 5.41) is 17.8. The van der Waals surface area contributed by atoms with Gasteiger partial charge in [0.2, 0.25) is 5.91 Å². The number of benzene rings is 1. The molecule has 0 fully saturated rings. The van der Waals surface area contributed by atoms with Crippen molar-refractivity contribution in [1.29, 1.82) is 0 Å². The highest BCUT2D eigenvalue weighted by molar-refractivity contribution is 6.30. The van der Waals surface area contributed by atoms with Gasteiger partial charge in [-0.25, -0.2) is 0 Å². The Kier molecular flexibility index (Phi) is 4.95. The van der Waals surface area contributed by atoms with Gasteiger partial charge < -0.3 is 10.1 Å². The number of carbonyl (C=O) groups excluding carboxylic acids is 1. The van der Waals surface area contributed by atoms with Gasteiger partial charge in [-0.1, -0.05) is 11.6 Å². The van der Waals surface area contributed by atoms with Crippen LogP contribution in [0.15, 0.2) is 30.6 Å². The Hall–Kier alpha value is -2.61. The van der Waals surface area contributed by atoms with Gasteiger partial charge in [0.25, 0.3) is 5.69 Å². The molecule has 2 aromatic rings. The number of ether oxygens (including phenoxy) is 1. The number of nitro benzene ring substituents is 1. The molecule has 0 saturated carbocycles. The number of amides is 1. The summed E-state index contributed by atoms with van der Waals surface area (Å²) < 4.78 is 6.60. The average Bonchev–Trinajstić information content (AvgIpc) is 2.91. The van der Waals surface area contributed by atoms with Crippen molar-refractivity contribution in [1.82, 2.24) is 9.78 Å². The average molecular weight is 325 g/mol. The van der Waals surface area contributed by atoms with E-state index in [0.29, 0.717) is 17.3 Å². The third kappa shape index (κ3) is 3.95. The van der Waals surface area contributed by atoms with Gasteiger partial charge in [0.15, 0.2) is 0 Å². The van der Waals surface area contributed by atoms with Crippen molar-refractivity contribution in [2.24, 2.45) is 0 Å². The van der Waals surface area contributed by atoms with Crippen LogP contribution in [0.25, 0.3) is 0 Å². The Balaban J connectivity index is 2.00. The molecular weight excluding hydrogens is 312 g/mol. The molecule has 0 atom stereocenters. The highest BCUT2D eigenvalue weighted by Gasteiger charge is 2.13. The Morgan fingerprint density at radius 3 is 2.91 bits per heavy atom. The zero-order valence-corrected chi connectivity index (χ0v) is 12.4. The maximum absolute atomic E-state index is 11.9. The lowest BCUT2D eigenvalue weighted by atomic mass is 10.2. The monoisotopic (exact) mass is 324 g/mol. The van der Waals surface area contributed by atoms with E-state index >= 15 is 0 Å². The molecule has 1 aromatic heterocycles. The molecule has 1 heterocycles. The molecule has 1 N–H and O–H groups in total. The van der Waals surface area contributed by atoms with E-state index < -0.39 is 4.92 Å². The van der Waals surface area contributed by atoms with Crippen molar-refractivity contribution in [3.63, 3.8) is 0 Å². The second-order valence-electron chi connectivity index (χ2n) is 4.36. The molecule has 0 bridgehead atoms. The Morgan fingerprint density at radius 2 is 2.32 bits per heavy atom. The first-order chi connectivity index (χ1) is 10.5. The van der Waals surface area contributed by atoms with E-state index in [4.69, 9.17) is 16.3 Å². The second kappa shape index (κ2) is 6.90. The molecular formula is C13H13ClN4O4. The topological polar surface area (TPSA) is 99.3 Å². The van der Waals surface area contributed by atoms with Crippen molar-refractivity contribution >= 4 is 28.9 Å². The van der Waals surface area contributed by atoms with Crippen LogP contribution in [0.2, 0.25) is 5.02 Å². The predicted octanol–water partition coefficient (Wildman–Crippen LogP) is 2.48. The molecule has 0 spiro atoms. The van der Waals surface area contributed by atoms with Gasteiger partial charge in [-0.05, 0) is 6.07 Å². The summed E-state index contributed by atoms with van der Waals surface area (Å²) in [5.41, 5.74) is 0.262. The van der Waals surface area contributed by atoms with Crippen LogP contribution in [-0.2, 0) is 11.3 Å². The first kappa shape index (κ1) is 15.8. The van der Waals surface area contributed by atoms with Gasteiger partial charge >= 0.3 is 0 Å². The molecule has 1 amide bonds. The molecule has 9 heteroatoms. The number of nitrogens with one attached hydrogen (secondary N) is 1. The zero-order valence-electron chi connectivity index (χ0n) is 11.7. The summed E-state index contributed by atoms with van der Waals surface area (Å²) in [6, 6.07) is 3.98. The molecule has 0 aliphatic rings. The maximum Gasteiger partial charge on any atom is 0.273 e. The standard InChI is InChI=1S/C13H13ClN4O4/c1-22-12-6-10(18(20)21)2-3-11(12)16-13(19)4-5-17-8-9(14)7-15-17/h2-3,6-8H,4-5H2,1H3,(H,16,19). The number of aryl methyl sites for hydroxylation is 1. The summed E-state index contributed by atoms with van der Waals surface area (Å²) >= 11 is 5.73. The number of hydrogen-bond donors (Lipinski definition) is 1. The second-order valence-corrected chi connectivity index (χ2v) is 4.80. The number of rotatable bonds is 6. The van der Waals surface area contributed by atoms with Gasteiger partial charge in [-0.15, -0.1) is 0 Å². The van der Waals surface area contributed by atoms with E-state index in [1.54, 1.807) is 10.9 Å². The maximum atomic E-state index is 11.9. The Bertz CT molecular complexity index is 701. The lowest BCUT2D eigenvalue weighted by Gasteiger charge is -2.10. The van der Waals surface area contributed by atoms with Gasteiger partial charge in [0.05, 0.1) is 35.0 Å². The first-order valence-corrected chi connectivity index (χ1v) is 6.67. The molecule has 0 aliphatic carbocycles. The molecule has 116 valence electrons. The third-order valence-corrected chi connectivity index (χ3v) is 3.03. The molecule has 0 unspecified atom stereocenters. The van der Waals surface area contributed by atoms with Crippen LogP contribution in [0.4, 0.5) is 11.4 Å². The van der Waals surface area contributed by atoms with Crippen LogP contribution in [-0.4, -0.2) is 27.7 Å². The molecule has 22 heavy (non-hydrogen) atoms. The number of non-ortho nitro benzene ring substituents is 1. The molecule has 0 saturated heterocycles. The van der Waals surface area contributed by atoms with E-state index in [0.717, 1.165) is 0 Å². The number of nitro groups is 1. The van der Waals surface area contributed by atoms with Crippen LogP contribution in [0.1, 0.15) is 6.42 Å². The van der Waals surface area contributed by atoms with Crippen molar-refractivity contribution < 1.29 is 14.5 Å². The number of carbonyl (C=O) groups is 1. The molecule has 1 aromatic carbocycles. The van der Waals surface area contributed by atoms with E-state index in [-0.39, 0.29) is 23.8 Å². The molecule has 0 radical (unpaired) electrons. The number of aromatic nitrogens is 2. The number of methoxy groups -OCH3 is 1. The Morgan fingerprint density at radius 1 is 1.55 bits per heavy atom. The highest BCUT2D eigenvalue weighted by atomic mass is 35.5. The minimum atomic E-state index is -0.532. The largest absolute Gasteiger partial charge is 0.494 e. The van der Waals surface area contributed by atoms with Gasteiger partial charge in [0.1, 0.15) is 5.75 Å². The lowest BCUT2D eigenvalue weighted by Crippen LogP contribution is -2.15.